The van der Waals surface area contributed by atoms with Crippen LogP contribution in [0.15, 0.2) is 0 Å². The standard InChI is InChI=1S/C10H20N2O2/c1-7(2)11-6-10(14)12-5-9(13)8-3-4-8/h7-9,11,13H,3-6H2,1-2H3,(H,12,14). The monoisotopic (exact) mass is 200 g/mol. The summed E-state index contributed by atoms with van der Waals surface area (Å²) in [7, 11) is 0. The minimum atomic E-state index is -0.349. The van der Waals surface area contributed by atoms with Gasteiger partial charge in [-0.25, -0.2) is 0 Å². The lowest BCUT2D eigenvalue weighted by Crippen LogP contribution is -2.40. The lowest BCUT2D eigenvalue weighted by molar-refractivity contribution is -0.120. The highest BCUT2D eigenvalue weighted by Crippen LogP contribution is 2.32. The molecule has 1 aliphatic carbocycles. The molecule has 0 saturated heterocycles. The van der Waals surface area contributed by atoms with Crippen molar-refractivity contribution in [3.63, 3.8) is 0 Å². The lowest BCUT2D eigenvalue weighted by atomic mass is 10.2. The summed E-state index contributed by atoms with van der Waals surface area (Å²) in [5, 5.41) is 15.2. The molecule has 1 rings (SSSR count). The molecule has 1 unspecified atom stereocenters. The van der Waals surface area contributed by atoms with Gasteiger partial charge in [0.05, 0.1) is 12.6 Å². The van der Waals surface area contributed by atoms with E-state index in [2.05, 4.69) is 10.6 Å². The number of aliphatic hydroxyl groups excluding tert-OH is 1. The average molecular weight is 200 g/mol. The average Bonchev–Trinajstić information content (AvgIpc) is 2.93. The second-order valence-electron chi connectivity index (χ2n) is 4.24. The Morgan fingerprint density at radius 1 is 1.50 bits per heavy atom. The van der Waals surface area contributed by atoms with Gasteiger partial charge in [0.1, 0.15) is 0 Å². The molecule has 3 N–H and O–H groups in total. The Morgan fingerprint density at radius 2 is 2.14 bits per heavy atom. The largest absolute Gasteiger partial charge is 0.391 e. The quantitative estimate of drug-likeness (QED) is 0.560. The first-order valence-electron chi connectivity index (χ1n) is 5.27. The van der Waals surface area contributed by atoms with E-state index in [4.69, 9.17) is 0 Å². The highest BCUT2D eigenvalue weighted by Gasteiger charge is 2.29. The van der Waals surface area contributed by atoms with Crippen LogP contribution in [-0.4, -0.2) is 36.2 Å². The highest BCUT2D eigenvalue weighted by molar-refractivity contribution is 5.78. The second-order valence-corrected chi connectivity index (χ2v) is 4.24. The molecular formula is C10H20N2O2. The number of carbonyl (C=O) groups is 1. The van der Waals surface area contributed by atoms with E-state index in [1.807, 2.05) is 13.8 Å². The molecule has 4 nitrogen and oxygen atoms in total. The number of hydrogen-bond donors (Lipinski definition) is 3. The van der Waals surface area contributed by atoms with Crippen LogP contribution >= 0.6 is 0 Å². The molecule has 0 heterocycles. The van der Waals surface area contributed by atoms with E-state index in [-0.39, 0.29) is 12.0 Å². The van der Waals surface area contributed by atoms with E-state index in [0.717, 1.165) is 12.8 Å². The molecule has 0 radical (unpaired) electrons. The summed E-state index contributed by atoms with van der Waals surface area (Å²) in [5.41, 5.74) is 0. The van der Waals surface area contributed by atoms with E-state index in [1.165, 1.54) is 0 Å². The first-order valence-corrected chi connectivity index (χ1v) is 5.27. The number of aliphatic hydroxyl groups is 1. The maximum Gasteiger partial charge on any atom is 0.234 e. The summed E-state index contributed by atoms with van der Waals surface area (Å²) in [4.78, 5) is 11.2. The van der Waals surface area contributed by atoms with Crippen LogP contribution in [0, 0.1) is 5.92 Å². The maximum absolute atomic E-state index is 11.2. The third-order valence-corrected chi connectivity index (χ3v) is 2.35. The lowest BCUT2D eigenvalue weighted by Gasteiger charge is -2.12. The van der Waals surface area contributed by atoms with Crippen LogP contribution < -0.4 is 10.6 Å². The summed E-state index contributed by atoms with van der Waals surface area (Å²) < 4.78 is 0. The highest BCUT2D eigenvalue weighted by atomic mass is 16.3. The van der Waals surface area contributed by atoms with Crippen LogP contribution in [-0.2, 0) is 4.79 Å². The third-order valence-electron chi connectivity index (χ3n) is 2.35. The molecule has 1 aliphatic rings. The van der Waals surface area contributed by atoms with Gasteiger partial charge in [-0.2, -0.15) is 0 Å². The summed E-state index contributed by atoms with van der Waals surface area (Å²) >= 11 is 0. The zero-order valence-electron chi connectivity index (χ0n) is 8.92. The minimum Gasteiger partial charge on any atom is -0.391 e. The fraction of sp³-hybridized carbons (Fsp3) is 0.900. The first kappa shape index (κ1) is 11.5. The first-order chi connectivity index (χ1) is 6.59. The topological polar surface area (TPSA) is 61.4 Å². The SMILES string of the molecule is CC(C)NCC(=O)NCC(O)C1CC1. The van der Waals surface area contributed by atoms with Gasteiger partial charge in [-0.3, -0.25) is 4.79 Å². The molecule has 82 valence electrons. The van der Waals surface area contributed by atoms with Gasteiger partial charge >= 0.3 is 0 Å². The van der Waals surface area contributed by atoms with Gasteiger partial charge in [-0.05, 0) is 18.8 Å². The van der Waals surface area contributed by atoms with Crippen molar-refractivity contribution in [3.8, 4) is 0 Å². The summed E-state index contributed by atoms with van der Waals surface area (Å²) in [6, 6.07) is 0.314. The van der Waals surface area contributed by atoms with Crippen molar-refractivity contribution >= 4 is 5.91 Å². The number of carbonyl (C=O) groups excluding carboxylic acids is 1. The Labute approximate surface area is 85.1 Å². The van der Waals surface area contributed by atoms with Crippen molar-refractivity contribution < 1.29 is 9.90 Å². The number of hydrogen-bond acceptors (Lipinski definition) is 3. The van der Waals surface area contributed by atoms with Crippen LogP contribution in [0.25, 0.3) is 0 Å². The predicted molar refractivity (Wildman–Crippen MR) is 54.9 cm³/mol. The van der Waals surface area contributed by atoms with Crippen molar-refractivity contribution in [2.75, 3.05) is 13.1 Å². The van der Waals surface area contributed by atoms with E-state index in [9.17, 15) is 9.90 Å². The molecule has 1 saturated carbocycles. The smallest absolute Gasteiger partial charge is 0.234 e. The molecule has 4 heteroatoms. The Balaban J connectivity index is 2.02. The van der Waals surface area contributed by atoms with Crippen LogP contribution in [0.1, 0.15) is 26.7 Å². The number of rotatable bonds is 6. The van der Waals surface area contributed by atoms with Crippen molar-refractivity contribution in [1.29, 1.82) is 0 Å². The molecule has 0 spiro atoms. The number of amides is 1. The molecule has 0 aromatic carbocycles. The van der Waals surface area contributed by atoms with Crippen molar-refractivity contribution in [3.05, 3.63) is 0 Å². The maximum atomic E-state index is 11.2. The van der Waals surface area contributed by atoms with Crippen LogP contribution in [0.4, 0.5) is 0 Å². The zero-order chi connectivity index (χ0) is 10.6. The summed E-state index contributed by atoms with van der Waals surface area (Å²) in [5.74, 6) is 0.381. The van der Waals surface area contributed by atoms with Crippen molar-refractivity contribution in [2.24, 2.45) is 5.92 Å². The summed E-state index contributed by atoms with van der Waals surface area (Å²) in [6.45, 7) is 4.71. The Morgan fingerprint density at radius 3 is 2.64 bits per heavy atom. The predicted octanol–water partition coefficient (Wildman–Crippen LogP) is -0.128. The number of nitrogens with one attached hydrogen (secondary N) is 2. The van der Waals surface area contributed by atoms with Crippen molar-refractivity contribution in [1.82, 2.24) is 10.6 Å². The molecule has 14 heavy (non-hydrogen) atoms. The van der Waals surface area contributed by atoms with Gasteiger partial charge in [-0.1, -0.05) is 13.8 Å². The van der Waals surface area contributed by atoms with Crippen LogP contribution in [0.5, 0.6) is 0 Å². The van der Waals surface area contributed by atoms with Gasteiger partial charge in [-0.15, -0.1) is 0 Å². The Kier molecular flexibility index (Phi) is 4.35. The van der Waals surface area contributed by atoms with Crippen LogP contribution in [0.3, 0.4) is 0 Å². The van der Waals surface area contributed by atoms with E-state index < -0.39 is 0 Å². The molecule has 0 aromatic heterocycles. The van der Waals surface area contributed by atoms with Crippen molar-refractivity contribution in [2.45, 2.75) is 38.8 Å². The van der Waals surface area contributed by atoms with Gasteiger partial charge in [0.2, 0.25) is 5.91 Å². The molecule has 0 aromatic rings. The molecule has 1 amide bonds. The van der Waals surface area contributed by atoms with Gasteiger partial charge in [0, 0.05) is 12.6 Å². The Hall–Kier alpha value is -0.610. The molecule has 0 aliphatic heterocycles. The fourth-order valence-corrected chi connectivity index (χ4v) is 1.23. The third kappa shape index (κ3) is 4.58. The molecule has 1 fully saturated rings. The van der Waals surface area contributed by atoms with E-state index in [1.54, 1.807) is 0 Å². The van der Waals surface area contributed by atoms with Gasteiger partial charge in [0.25, 0.3) is 0 Å². The van der Waals surface area contributed by atoms with Crippen LogP contribution in [0.2, 0.25) is 0 Å². The van der Waals surface area contributed by atoms with E-state index >= 15 is 0 Å². The fourth-order valence-electron chi connectivity index (χ4n) is 1.23. The van der Waals surface area contributed by atoms with E-state index in [0.29, 0.717) is 25.0 Å². The summed E-state index contributed by atoms with van der Waals surface area (Å²) in [6.07, 6.45) is 1.85. The molecular weight excluding hydrogens is 180 g/mol. The Bertz CT molecular complexity index is 191. The minimum absolute atomic E-state index is 0.0431. The molecule has 1 atom stereocenters. The second kappa shape index (κ2) is 5.32. The zero-order valence-corrected chi connectivity index (χ0v) is 8.92. The van der Waals surface area contributed by atoms with Gasteiger partial charge < -0.3 is 15.7 Å². The normalized spacial score (nSPS) is 18.3. The van der Waals surface area contributed by atoms with Gasteiger partial charge in [0.15, 0.2) is 0 Å². The molecule has 0 bridgehead atoms.